The molecule has 2 N–H and O–H groups in total. The third-order valence-corrected chi connectivity index (χ3v) is 2.41. The number of nitrogens with zero attached hydrogens (tertiary/aromatic N) is 2. The van der Waals surface area contributed by atoms with Crippen molar-refractivity contribution in [2.24, 2.45) is 5.73 Å². The Bertz CT molecular complexity index is 342. The van der Waals surface area contributed by atoms with Crippen LogP contribution in [-0.4, -0.2) is 15.6 Å². The molecule has 78 valence electrons. The number of imidazole rings is 1. The molecule has 0 aromatic carbocycles. The molecule has 2 heterocycles. The minimum atomic E-state index is -4.36. The quantitative estimate of drug-likeness (QED) is 0.691. The summed E-state index contributed by atoms with van der Waals surface area (Å²) < 4.78 is 38.8. The minimum absolute atomic E-state index is 0.180. The topological polar surface area (TPSA) is 43.8 Å². The number of hydrogen-bond donors (Lipinski definition) is 1. The fourth-order valence-corrected chi connectivity index (χ4v) is 1.71. The van der Waals surface area contributed by atoms with E-state index in [9.17, 15) is 13.2 Å². The van der Waals surface area contributed by atoms with Gasteiger partial charge < -0.3 is 10.3 Å². The predicted octanol–water partition coefficient (Wildman–Crippen LogP) is 1.18. The standard InChI is InChI=1S/C8H10F3N3/c9-8(10,11)7-6-3-5(12)1-2-14(6)4-13-7/h4-5H,1-3,12H2. The van der Waals surface area contributed by atoms with Crippen LogP contribution in [0.2, 0.25) is 0 Å². The highest BCUT2D eigenvalue weighted by Gasteiger charge is 2.38. The molecule has 1 atom stereocenters. The van der Waals surface area contributed by atoms with E-state index in [0.717, 1.165) is 0 Å². The van der Waals surface area contributed by atoms with Gasteiger partial charge in [0.2, 0.25) is 0 Å². The number of halogens is 3. The lowest BCUT2D eigenvalue weighted by atomic mass is 10.0. The molecule has 2 rings (SSSR count). The van der Waals surface area contributed by atoms with Gasteiger partial charge in [-0.1, -0.05) is 0 Å². The van der Waals surface area contributed by atoms with E-state index in [2.05, 4.69) is 4.98 Å². The van der Waals surface area contributed by atoms with Crippen LogP contribution < -0.4 is 5.73 Å². The van der Waals surface area contributed by atoms with Crippen LogP contribution in [0.25, 0.3) is 0 Å². The van der Waals surface area contributed by atoms with Crippen LogP contribution in [0, 0.1) is 0 Å². The van der Waals surface area contributed by atoms with Crippen LogP contribution in [0.1, 0.15) is 17.8 Å². The molecule has 6 heteroatoms. The van der Waals surface area contributed by atoms with Gasteiger partial charge in [0.15, 0.2) is 5.69 Å². The van der Waals surface area contributed by atoms with Crippen molar-refractivity contribution in [3.8, 4) is 0 Å². The Kier molecular flexibility index (Phi) is 2.02. The molecule has 1 aliphatic rings. The fourth-order valence-electron chi connectivity index (χ4n) is 1.71. The summed E-state index contributed by atoms with van der Waals surface area (Å²) in [7, 11) is 0. The van der Waals surface area contributed by atoms with E-state index in [1.165, 1.54) is 10.9 Å². The van der Waals surface area contributed by atoms with Gasteiger partial charge in [-0.2, -0.15) is 13.2 Å². The summed E-state index contributed by atoms with van der Waals surface area (Å²) in [6.07, 6.45) is -2.16. The maximum Gasteiger partial charge on any atom is 0.435 e. The van der Waals surface area contributed by atoms with E-state index in [0.29, 0.717) is 13.0 Å². The number of hydrogen-bond acceptors (Lipinski definition) is 2. The average Bonchev–Trinajstić information content (AvgIpc) is 2.45. The first-order valence-corrected chi connectivity index (χ1v) is 4.35. The van der Waals surface area contributed by atoms with E-state index in [1.807, 2.05) is 0 Å². The number of aromatic nitrogens is 2. The molecule has 0 saturated heterocycles. The van der Waals surface area contributed by atoms with E-state index in [1.54, 1.807) is 0 Å². The van der Waals surface area contributed by atoms with E-state index in [-0.39, 0.29) is 18.2 Å². The van der Waals surface area contributed by atoms with Crippen molar-refractivity contribution in [3.63, 3.8) is 0 Å². The second-order valence-corrected chi connectivity index (χ2v) is 3.48. The van der Waals surface area contributed by atoms with Crippen molar-refractivity contribution < 1.29 is 13.2 Å². The van der Waals surface area contributed by atoms with Crippen molar-refractivity contribution in [1.82, 2.24) is 9.55 Å². The van der Waals surface area contributed by atoms with Crippen LogP contribution in [0.3, 0.4) is 0 Å². The normalized spacial score (nSPS) is 22.1. The molecule has 0 saturated carbocycles. The van der Waals surface area contributed by atoms with E-state index < -0.39 is 11.9 Å². The van der Waals surface area contributed by atoms with Crippen LogP contribution in [0.4, 0.5) is 13.2 Å². The zero-order valence-corrected chi connectivity index (χ0v) is 7.38. The highest BCUT2D eigenvalue weighted by molar-refractivity contribution is 5.19. The van der Waals surface area contributed by atoms with Crippen LogP contribution >= 0.6 is 0 Å². The maximum atomic E-state index is 12.4. The van der Waals surface area contributed by atoms with Gasteiger partial charge in [0.1, 0.15) is 0 Å². The molecule has 1 aliphatic heterocycles. The summed E-state index contributed by atoms with van der Waals surface area (Å²) in [6, 6.07) is -0.180. The molecule has 1 aromatic heterocycles. The molecular formula is C8H10F3N3. The van der Waals surface area contributed by atoms with Crippen LogP contribution in [0.15, 0.2) is 6.33 Å². The van der Waals surface area contributed by atoms with Gasteiger partial charge in [-0.15, -0.1) is 0 Å². The Morgan fingerprint density at radius 2 is 2.21 bits per heavy atom. The van der Waals surface area contributed by atoms with Gasteiger partial charge >= 0.3 is 6.18 Å². The SMILES string of the molecule is NC1CCn2cnc(C(F)(F)F)c2C1. The van der Waals surface area contributed by atoms with Gasteiger partial charge in [-0.25, -0.2) is 4.98 Å². The number of alkyl halides is 3. The van der Waals surface area contributed by atoms with Gasteiger partial charge in [-0.3, -0.25) is 0 Å². The Morgan fingerprint density at radius 1 is 1.50 bits per heavy atom. The molecule has 0 radical (unpaired) electrons. The van der Waals surface area contributed by atoms with Gasteiger partial charge in [-0.05, 0) is 6.42 Å². The summed E-state index contributed by atoms with van der Waals surface area (Å²) in [5.41, 5.74) is 5.05. The van der Waals surface area contributed by atoms with Gasteiger partial charge in [0.05, 0.1) is 12.0 Å². The van der Waals surface area contributed by atoms with E-state index in [4.69, 9.17) is 5.73 Å². The lowest BCUT2D eigenvalue weighted by molar-refractivity contribution is -0.141. The second-order valence-electron chi connectivity index (χ2n) is 3.48. The monoisotopic (exact) mass is 205 g/mol. The van der Waals surface area contributed by atoms with Crippen LogP contribution in [-0.2, 0) is 19.1 Å². The molecule has 1 unspecified atom stereocenters. The molecule has 3 nitrogen and oxygen atoms in total. The highest BCUT2D eigenvalue weighted by Crippen LogP contribution is 2.32. The summed E-state index contributed by atoms with van der Waals surface area (Å²) in [5, 5.41) is 0. The van der Waals surface area contributed by atoms with Crippen molar-refractivity contribution in [2.45, 2.75) is 31.6 Å². The molecule has 0 spiro atoms. The van der Waals surface area contributed by atoms with E-state index >= 15 is 0 Å². The average molecular weight is 205 g/mol. The maximum absolute atomic E-state index is 12.4. The third kappa shape index (κ3) is 1.50. The molecule has 0 amide bonds. The van der Waals surface area contributed by atoms with Crippen LogP contribution in [0.5, 0.6) is 0 Å². The zero-order chi connectivity index (χ0) is 10.3. The summed E-state index contributed by atoms with van der Waals surface area (Å²) >= 11 is 0. The highest BCUT2D eigenvalue weighted by atomic mass is 19.4. The predicted molar refractivity (Wildman–Crippen MR) is 43.5 cm³/mol. The number of aryl methyl sites for hydroxylation is 1. The summed E-state index contributed by atoms with van der Waals surface area (Å²) in [6.45, 7) is 0.527. The van der Waals surface area contributed by atoms with Crippen molar-refractivity contribution in [3.05, 3.63) is 17.7 Å². The zero-order valence-electron chi connectivity index (χ0n) is 7.38. The Balaban J connectivity index is 2.41. The van der Waals surface area contributed by atoms with Crippen molar-refractivity contribution in [2.75, 3.05) is 0 Å². The molecule has 1 aromatic rings. The van der Waals surface area contributed by atoms with Gasteiger partial charge in [0, 0.05) is 19.0 Å². The molecular weight excluding hydrogens is 195 g/mol. The van der Waals surface area contributed by atoms with Crippen molar-refractivity contribution >= 4 is 0 Å². The molecule has 0 aliphatic carbocycles. The minimum Gasteiger partial charge on any atom is -0.334 e. The number of fused-ring (bicyclic) bond motifs is 1. The Labute approximate surface area is 78.7 Å². The fraction of sp³-hybridized carbons (Fsp3) is 0.625. The number of rotatable bonds is 0. The third-order valence-electron chi connectivity index (χ3n) is 2.41. The molecule has 14 heavy (non-hydrogen) atoms. The second kappa shape index (κ2) is 2.98. The number of nitrogens with two attached hydrogens (primary N) is 1. The summed E-state index contributed by atoms with van der Waals surface area (Å²) in [5.74, 6) is 0. The first-order chi connectivity index (χ1) is 6.48. The lowest BCUT2D eigenvalue weighted by Gasteiger charge is -2.21. The first kappa shape index (κ1) is 9.51. The smallest absolute Gasteiger partial charge is 0.334 e. The largest absolute Gasteiger partial charge is 0.435 e. The lowest BCUT2D eigenvalue weighted by Crippen LogP contribution is -2.31. The Hall–Kier alpha value is -1.04. The van der Waals surface area contributed by atoms with Gasteiger partial charge in [0.25, 0.3) is 0 Å². The Morgan fingerprint density at radius 3 is 2.86 bits per heavy atom. The first-order valence-electron chi connectivity index (χ1n) is 4.35. The molecule has 0 fully saturated rings. The summed E-state index contributed by atoms with van der Waals surface area (Å²) in [4.78, 5) is 3.39. The molecule has 0 bridgehead atoms. The van der Waals surface area contributed by atoms with Crippen molar-refractivity contribution in [1.29, 1.82) is 0 Å².